The third-order valence-electron chi connectivity index (χ3n) is 5.16. The van der Waals surface area contributed by atoms with Crippen molar-refractivity contribution < 1.29 is 10.0 Å². The highest BCUT2D eigenvalue weighted by atomic mass is 16.5. The number of hydrogen-bond donors (Lipinski definition) is 1. The number of hydroxylamine groups is 2. The molecule has 1 fully saturated rings. The topological polar surface area (TPSA) is 55.2 Å². The van der Waals surface area contributed by atoms with E-state index in [-0.39, 0.29) is 28.9 Å². The fourth-order valence-electron chi connectivity index (χ4n) is 3.22. The Balaban J connectivity index is 3.09. The van der Waals surface area contributed by atoms with Crippen molar-refractivity contribution in [2.24, 2.45) is 5.92 Å². The number of amides is 1. The molecule has 18 heavy (non-hydrogen) atoms. The number of hydrogen-bond acceptors (Lipinski definition) is 2. The lowest BCUT2D eigenvalue weighted by molar-refractivity contribution is -0.274. The molecule has 1 aliphatic heterocycles. The van der Waals surface area contributed by atoms with Gasteiger partial charge in [-0.15, -0.1) is 0 Å². The first-order chi connectivity index (χ1) is 8.21. The largest absolute Gasteiger partial charge is 0.353 e. The predicted octanol–water partition coefficient (Wildman–Crippen LogP) is 1.81. The highest BCUT2D eigenvalue weighted by Gasteiger charge is 2.55. The number of nitrogens with one attached hydrogen (secondary N) is 1. The van der Waals surface area contributed by atoms with Gasteiger partial charge in [0.15, 0.2) is 0 Å². The Morgan fingerprint density at radius 1 is 1.39 bits per heavy atom. The van der Waals surface area contributed by atoms with E-state index in [1.807, 2.05) is 0 Å². The van der Waals surface area contributed by atoms with Crippen LogP contribution in [0.3, 0.4) is 0 Å². The van der Waals surface area contributed by atoms with Crippen molar-refractivity contribution in [3.8, 4) is 0 Å². The summed E-state index contributed by atoms with van der Waals surface area (Å²) in [5.41, 5.74) is -0.347. The molecular weight excluding hydrogens is 228 g/mol. The molecule has 0 radical (unpaired) electrons. The van der Waals surface area contributed by atoms with Crippen molar-refractivity contribution >= 4 is 5.91 Å². The summed E-state index contributed by atoms with van der Waals surface area (Å²) in [6.07, 6.45) is 2.70. The van der Waals surface area contributed by atoms with Gasteiger partial charge in [-0.2, -0.15) is 0 Å². The summed E-state index contributed by atoms with van der Waals surface area (Å²) in [6.45, 7) is 12.3. The Hall–Kier alpha value is -0.610. The molecule has 1 rings (SSSR count). The van der Waals surface area contributed by atoms with E-state index in [1.54, 1.807) is 12.0 Å². The van der Waals surface area contributed by atoms with Crippen LogP contribution in [0.5, 0.6) is 0 Å². The minimum Gasteiger partial charge on any atom is -0.353 e. The highest BCUT2D eigenvalue weighted by Crippen LogP contribution is 2.44. The number of rotatable bonds is 3. The molecule has 0 aromatic heterocycles. The molecule has 1 saturated heterocycles. The molecule has 0 spiro atoms. The second-order valence-electron chi connectivity index (χ2n) is 6.20. The fraction of sp³-hybridized carbons (Fsp3) is 0.929. The molecule has 0 bridgehead atoms. The Bertz CT molecular complexity index is 321. The zero-order valence-corrected chi connectivity index (χ0v) is 12.6. The van der Waals surface area contributed by atoms with E-state index >= 15 is 0 Å². The molecule has 4 unspecified atom stereocenters. The summed E-state index contributed by atoms with van der Waals surface area (Å²) < 4.78 is 0. The molecule has 1 amide bonds. The molecule has 106 valence electrons. The minimum absolute atomic E-state index is 0.0298. The zero-order chi connectivity index (χ0) is 14.1. The normalized spacial score (nSPS) is 41.7. The van der Waals surface area contributed by atoms with Gasteiger partial charge in [0.1, 0.15) is 0 Å². The van der Waals surface area contributed by atoms with Gasteiger partial charge in [-0.05, 0) is 33.1 Å². The van der Waals surface area contributed by atoms with Gasteiger partial charge >= 0.3 is 0 Å². The maximum Gasteiger partial charge on any atom is 0.217 e. The average molecular weight is 257 g/mol. The summed E-state index contributed by atoms with van der Waals surface area (Å²) >= 11 is 0. The molecule has 4 heteroatoms. The molecule has 4 atom stereocenters. The maximum absolute atomic E-state index is 11.4. The van der Waals surface area contributed by atoms with Crippen molar-refractivity contribution in [1.82, 2.24) is 10.4 Å². The monoisotopic (exact) mass is 257 g/mol. The smallest absolute Gasteiger partial charge is 0.217 e. The van der Waals surface area contributed by atoms with Crippen molar-refractivity contribution in [2.45, 2.75) is 77.9 Å². The van der Waals surface area contributed by atoms with Gasteiger partial charge in [0.25, 0.3) is 0 Å². The van der Waals surface area contributed by atoms with Crippen LogP contribution in [0.2, 0.25) is 0 Å². The summed E-state index contributed by atoms with van der Waals surface area (Å²) in [5.74, 6) is 0.311. The summed E-state index contributed by atoms with van der Waals surface area (Å²) in [5, 5.41) is 13.4. The van der Waals surface area contributed by atoms with Crippen molar-refractivity contribution in [2.75, 3.05) is 0 Å². The second-order valence-corrected chi connectivity index (χ2v) is 6.20. The van der Waals surface area contributed by atoms with Gasteiger partial charge in [0.05, 0.1) is 11.1 Å². The van der Waals surface area contributed by atoms with E-state index in [2.05, 4.69) is 39.9 Å². The SMILES string of the molecule is CCC1(C)CC(NC(C)=O)C(C)C(C)(CC)N1[OH2+]. The second kappa shape index (κ2) is 5.17. The number of carbonyl (C=O) groups excluding carboxylic acids is 1. The Morgan fingerprint density at radius 2 is 1.94 bits per heavy atom. The van der Waals surface area contributed by atoms with Gasteiger partial charge in [-0.3, -0.25) is 4.79 Å². The standard InChI is InChI=1S/C14H28N2O2/c1-7-13(5)9-12(15-11(4)17)10(3)14(6,8-2)16(13)18/h10,12,18H,7-9H2,1-6H3,(H,15,17)/p+1. The fourth-order valence-corrected chi connectivity index (χ4v) is 3.22. The maximum atomic E-state index is 11.4. The summed E-state index contributed by atoms with van der Waals surface area (Å²) in [7, 11) is 0. The van der Waals surface area contributed by atoms with E-state index in [4.69, 9.17) is 5.21 Å². The lowest BCUT2D eigenvalue weighted by Gasteiger charge is -2.54. The Morgan fingerprint density at radius 3 is 2.33 bits per heavy atom. The molecule has 0 aromatic rings. The van der Waals surface area contributed by atoms with Crippen molar-refractivity contribution in [3.05, 3.63) is 0 Å². The van der Waals surface area contributed by atoms with Crippen LogP contribution >= 0.6 is 0 Å². The van der Waals surface area contributed by atoms with Crippen LogP contribution < -0.4 is 5.32 Å². The van der Waals surface area contributed by atoms with E-state index < -0.39 is 0 Å². The third-order valence-corrected chi connectivity index (χ3v) is 5.16. The van der Waals surface area contributed by atoms with Gasteiger partial charge in [-0.25, -0.2) is 0 Å². The van der Waals surface area contributed by atoms with Gasteiger partial charge in [0.2, 0.25) is 5.91 Å². The Kier molecular flexibility index (Phi) is 4.44. The van der Waals surface area contributed by atoms with Crippen LogP contribution in [-0.4, -0.2) is 33.3 Å². The van der Waals surface area contributed by atoms with Crippen LogP contribution in [0.25, 0.3) is 0 Å². The van der Waals surface area contributed by atoms with Gasteiger partial charge in [-0.1, -0.05) is 25.8 Å². The first-order valence-electron chi connectivity index (χ1n) is 7.00. The quantitative estimate of drug-likeness (QED) is 0.784. The number of carbonyl (C=O) groups is 1. The summed E-state index contributed by atoms with van der Waals surface area (Å²) in [6, 6.07) is 0.166. The highest BCUT2D eigenvalue weighted by molar-refractivity contribution is 5.73. The van der Waals surface area contributed by atoms with E-state index in [0.29, 0.717) is 0 Å². The molecule has 0 saturated carbocycles. The molecule has 4 nitrogen and oxygen atoms in total. The minimum atomic E-state index is -0.184. The molecule has 3 N–H and O–H groups in total. The first kappa shape index (κ1) is 15.4. The van der Waals surface area contributed by atoms with Crippen LogP contribution in [0.1, 0.15) is 60.8 Å². The van der Waals surface area contributed by atoms with Crippen LogP contribution in [0, 0.1) is 5.92 Å². The summed E-state index contributed by atoms with van der Waals surface area (Å²) in [4.78, 5) is 11.4. The number of nitrogens with zero attached hydrogens (tertiary/aromatic N) is 1. The van der Waals surface area contributed by atoms with Crippen molar-refractivity contribution in [1.29, 1.82) is 0 Å². The third kappa shape index (κ3) is 2.41. The molecular formula is C14H29N2O2+. The molecule has 1 aliphatic rings. The van der Waals surface area contributed by atoms with E-state index in [0.717, 1.165) is 19.3 Å². The molecule has 1 heterocycles. The van der Waals surface area contributed by atoms with Crippen LogP contribution in [-0.2, 0) is 4.79 Å². The average Bonchev–Trinajstić information content (AvgIpc) is 2.33. The lowest BCUT2D eigenvalue weighted by Crippen LogP contribution is -2.68. The van der Waals surface area contributed by atoms with Crippen LogP contribution in [0.15, 0.2) is 0 Å². The Labute approximate surface area is 111 Å². The predicted molar refractivity (Wildman–Crippen MR) is 74.2 cm³/mol. The zero-order valence-electron chi connectivity index (χ0n) is 12.6. The molecule has 0 aromatic carbocycles. The van der Waals surface area contributed by atoms with Gasteiger partial charge < -0.3 is 10.5 Å². The van der Waals surface area contributed by atoms with Crippen molar-refractivity contribution in [3.63, 3.8) is 0 Å². The molecule has 0 aliphatic carbocycles. The lowest BCUT2D eigenvalue weighted by atomic mass is 9.68. The van der Waals surface area contributed by atoms with E-state index in [1.165, 1.54) is 0 Å². The van der Waals surface area contributed by atoms with Gasteiger partial charge in [0, 0.05) is 18.9 Å². The number of piperidine rings is 1. The first-order valence-corrected chi connectivity index (χ1v) is 7.00. The van der Waals surface area contributed by atoms with E-state index in [9.17, 15) is 4.79 Å². The van der Waals surface area contributed by atoms with Crippen LogP contribution in [0.4, 0.5) is 0 Å².